The molecule has 1 aliphatic rings. The van der Waals surface area contributed by atoms with Crippen LogP contribution in [0.4, 0.5) is 10.1 Å². The van der Waals surface area contributed by atoms with E-state index in [-0.39, 0.29) is 22.9 Å². The zero-order valence-corrected chi connectivity index (χ0v) is 22.5. The highest BCUT2D eigenvalue weighted by Crippen LogP contribution is 2.35. The molecule has 0 spiro atoms. The van der Waals surface area contributed by atoms with Crippen molar-refractivity contribution in [2.45, 2.75) is 30.8 Å². The van der Waals surface area contributed by atoms with Crippen LogP contribution in [-0.2, 0) is 17.6 Å². The number of aromatic nitrogens is 2. The van der Waals surface area contributed by atoms with Gasteiger partial charge in [-0.15, -0.1) is 11.3 Å². The number of rotatable bonds is 5. The number of hydrogen-bond acceptors (Lipinski definition) is 5. The molecule has 1 aliphatic carbocycles. The van der Waals surface area contributed by atoms with Crippen molar-refractivity contribution < 1.29 is 9.18 Å². The third kappa shape index (κ3) is 4.73. The second-order valence-electron chi connectivity index (χ2n) is 7.86. The van der Waals surface area contributed by atoms with Gasteiger partial charge in [0.2, 0.25) is 5.91 Å². The van der Waals surface area contributed by atoms with Crippen LogP contribution in [0, 0.1) is 5.82 Å². The molecule has 4 aromatic rings. The fourth-order valence-electron chi connectivity index (χ4n) is 4.01. The van der Waals surface area contributed by atoms with Gasteiger partial charge in [0, 0.05) is 13.8 Å². The van der Waals surface area contributed by atoms with E-state index in [9.17, 15) is 14.0 Å². The summed E-state index contributed by atoms with van der Waals surface area (Å²) in [5.41, 5.74) is 1.79. The fraction of sp³-hybridized carbons (Fsp3) is 0.208. The lowest BCUT2D eigenvalue weighted by Crippen LogP contribution is -2.23. The van der Waals surface area contributed by atoms with Crippen LogP contribution in [0.1, 0.15) is 23.3 Å². The maximum Gasteiger partial charge on any atom is 0.267 e. The first-order chi connectivity index (χ1) is 16.4. The zero-order chi connectivity index (χ0) is 23.8. The standard InChI is InChI=1S/C24H18Br2FN3O2S2/c25-13-5-8-15(9-6-13)30-23(32)21-16-3-1-2-4-19(16)34-22(21)29-24(30)33-12-20(31)28-18-10-7-14(26)11-17(18)27/h5-11H,1-4,12H2,(H,28,31). The van der Waals surface area contributed by atoms with Gasteiger partial charge >= 0.3 is 0 Å². The van der Waals surface area contributed by atoms with E-state index in [1.165, 1.54) is 17.0 Å². The van der Waals surface area contributed by atoms with E-state index in [0.29, 0.717) is 25.5 Å². The molecular weight excluding hydrogens is 605 g/mol. The van der Waals surface area contributed by atoms with E-state index in [0.717, 1.165) is 47.5 Å². The molecule has 0 radical (unpaired) electrons. The summed E-state index contributed by atoms with van der Waals surface area (Å²) in [5, 5.41) is 3.71. The number of benzene rings is 2. The average Bonchev–Trinajstić information content (AvgIpc) is 3.19. The number of halogens is 3. The number of thiophene rings is 1. The molecule has 2 heterocycles. The van der Waals surface area contributed by atoms with Gasteiger partial charge in [0.05, 0.1) is 22.5 Å². The topological polar surface area (TPSA) is 64.0 Å². The molecule has 0 saturated carbocycles. The first-order valence-corrected chi connectivity index (χ1v) is 14.0. The predicted octanol–water partition coefficient (Wildman–Crippen LogP) is 6.72. The molecule has 5 nitrogen and oxygen atoms in total. The number of hydrogen-bond donors (Lipinski definition) is 1. The molecule has 10 heteroatoms. The van der Waals surface area contributed by atoms with Crippen molar-refractivity contribution in [3.05, 3.63) is 78.0 Å². The molecule has 1 N–H and O–H groups in total. The normalized spacial score (nSPS) is 13.1. The molecule has 2 aromatic carbocycles. The SMILES string of the molecule is O=C(CSc1nc2sc3c(c2c(=O)n1-c1ccc(Br)cc1)CCCC3)Nc1ccc(Br)cc1F. The number of amides is 1. The monoisotopic (exact) mass is 621 g/mol. The van der Waals surface area contributed by atoms with E-state index in [4.69, 9.17) is 4.98 Å². The Morgan fingerprint density at radius 2 is 1.85 bits per heavy atom. The van der Waals surface area contributed by atoms with Crippen LogP contribution in [-0.4, -0.2) is 21.2 Å². The van der Waals surface area contributed by atoms with Crippen LogP contribution in [0.2, 0.25) is 0 Å². The minimum absolute atomic E-state index is 0.0188. The Bertz CT molecular complexity index is 1470. The lowest BCUT2D eigenvalue weighted by atomic mass is 9.97. The first kappa shape index (κ1) is 23.7. The molecular formula is C24H18Br2FN3O2S2. The number of fused-ring (bicyclic) bond motifs is 3. The van der Waals surface area contributed by atoms with Crippen LogP contribution in [0.15, 0.2) is 61.4 Å². The van der Waals surface area contributed by atoms with Gasteiger partial charge in [0.25, 0.3) is 5.56 Å². The van der Waals surface area contributed by atoms with Crippen LogP contribution < -0.4 is 10.9 Å². The Balaban J connectivity index is 1.51. The second-order valence-corrected chi connectivity index (χ2v) is 11.7. The molecule has 34 heavy (non-hydrogen) atoms. The number of thioether (sulfide) groups is 1. The quantitative estimate of drug-likeness (QED) is 0.198. The number of carbonyl (C=O) groups excluding carboxylic acids is 1. The molecule has 0 atom stereocenters. The maximum atomic E-state index is 14.1. The summed E-state index contributed by atoms with van der Waals surface area (Å²) in [6, 6.07) is 11.9. The zero-order valence-electron chi connectivity index (χ0n) is 17.7. The van der Waals surface area contributed by atoms with Crippen molar-refractivity contribution in [3.63, 3.8) is 0 Å². The van der Waals surface area contributed by atoms with E-state index in [2.05, 4.69) is 37.2 Å². The third-order valence-corrected chi connectivity index (χ3v) is 8.73. The smallest absolute Gasteiger partial charge is 0.267 e. The molecule has 0 unspecified atom stereocenters. The Labute approximate surface area is 220 Å². The minimum Gasteiger partial charge on any atom is -0.323 e. The summed E-state index contributed by atoms with van der Waals surface area (Å²) in [7, 11) is 0. The number of aryl methyl sites for hydroxylation is 2. The first-order valence-electron chi connectivity index (χ1n) is 10.6. The summed E-state index contributed by atoms with van der Waals surface area (Å²) in [6.45, 7) is 0. The van der Waals surface area contributed by atoms with Crippen molar-refractivity contribution in [1.29, 1.82) is 0 Å². The van der Waals surface area contributed by atoms with Crippen molar-refractivity contribution >= 4 is 76.8 Å². The van der Waals surface area contributed by atoms with E-state index < -0.39 is 5.82 Å². The summed E-state index contributed by atoms with van der Waals surface area (Å²) in [4.78, 5) is 33.1. The number of nitrogens with zero attached hydrogens (tertiary/aromatic N) is 2. The van der Waals surface area contributed by atoms with Gasteiger partial charge < -0.3 is 5.32 Å². The summed E-state index contributed by atoms with van der Waals surface area (Å²) >= 11 is 9.38. The third-order valence-electron chi connectivity index (χ3n) is 5.58. The second kappa shape index (κ2) is 9.93. The molecule has 174 valence electrons. The van der Waals surface area contributed by atoms with E-state index >= 15 is 0 Å². The van der Waals surface area contributed by atoms with Gasteiger partial charge in [0.15, 0.2) is 5.16 Å². The molecule has 0 aliphatic heterocycles. The van der Waals surface area contributed by atoms with E-state index in [1.54, 1.807) is 22.0 Å². The van der Waals surface area contributed by atoms with Crippen molar-refractivity contribution in [2.75, 3.05) is 11.1 Å². The molecule has 0 bridgehead atoms. The van der Waals surface area contributed by atoms with Gasteiger partial charge in [0.1, 0.15) is 10.6 Å². The summed E-state index contributed by atoms with van der Waals surface area (Å²) in [5.74, 6) is -0.925. The largest absolute Gasteiger partial charge is 0.323 e. The number of nitrogens with one attached hydrogen (secondary N) is 1. The maximum absolute atomic E-state index is 14.1. The number of anilines is 1. The summed E-state index contributed by atoms with van der Waals surface area (Å²) < 4.78 is 17.2. The molecule has 2 aromatic heterocycles. The highest BCUT2D eigenvalue weighted by atomic mass is 79.9. The fourth-order valence-corrected chi connectivity index (χ4v) is 6.72. The van der Waals surface area contributed by atoms with Crippen LogP contribution in [0.3, 0.4) is 0 Å². The van der Waals surface area contributed by atoms with Crippen LogP contribution in [0.25, 0.3) is 15.9 Å². The molecule has 0 fully saturated rings. The highest BCUT2D eigenvalue weighted by molar-refractivity contribution is 9.10. The molecule has 5 rings (SSSR count). The summed E-state index contributed by atoms with van der Waals surface area (Å²) in [6.07, 6.45) is 4.05. The Kier molecular flexibility index (Phi) is 6.92. The van der Waals surface area contributed by atoms with Crippen molar-refractivity contribution in [3.8, 4) is 5.69 Å². The number of carbonyl (C=O) groups is 1. The average molecular weight is 623 g/mol. The van der Waals surface area contributed by atoms with Crippen LogP contribution >= 0.6 is 55.0 Å². The van der Waals surface area contributed by atoms with Crippen molar-refractivity contribution in [2.24, 2.45) is 0 Å². The highest BCUT2D eigenvalue weighted by Gasteiger charge is 2.23. The van der Waals surface area contributed by atoms with Gasteiger partial charge in [-0.25, -0.2) is 9.37 Å². The molecule has 0 saturated heterocycles. The minimum atomic E-state index is -0.525. The van der Waals surface area contributed by atoms with Gasteiger partial charge in [-0.05, 0) is 73.7 Å². The molecule has 1 amide bonds. The predicted molar refractivity (Wildman–Crippen MR) is 143 cm³/mol. The Hall–Kier alpha value is -2.01. The van der Waals surface area contributed by atoms with Crippen molar-refractivity contribution in [1.82, 2.24) is 9.55 Å². The van der Waals surface area contributed by atoms with Crippen LogP contribution in [0.5, 0.6) is 0 Å². The van der Waals surface area contributed by atoms with Gasteiger partial charge in [-0.3, -0.25) is 14.2 Å². The Morgan fingerprint density at radius 1 is 1.12 bits per heavy atom. The lowest BCUT2D eigenvalue weighted by Gasteiger charge is -2.14. The lowest BCUT2D eigenvalue weighted by molar-refractivity contribution is -0.113. The van der Waals surface area contributed by atoms with Gasteiger partial charge in [-0.1, -0.05) is 43.6 Å². The Morgan fingerprint density at radius 3 is 2.62 bits per heavy atom. The van der Waals surface area contributed by atoms with E-state index in [1.807, 2.05) is 24.3 Å². The van der Waals surface area contributed by atoms with Gasteiger partial charge in [-0.2, -0.15) is 0 Å².